The lowest BCUT2D eigenvalue weighted by Gasteiger charge is -2.03. The summed E-state index contributed by atoms with van der Waals surface area (Å²) >= 11 is -1.44. The zero-order chi connectivity index (χ0) is 14.0. The molecule has 0 aliphatic heterocycles. The van der Waals surface area contributed by atoms with Crippen molar-refractivity contribution in [3.8, 4) is 5.06 Å². The van der Waals surface area contributed by atoms with Crippen LogP contribution in [0, 0.1) is 13.8 Å². The largest absolute Gasteiger partial charge is 0.740 e. The van der Waals surface area contributed by atoms with Crippen LogP contribution < -0.4 is 9.92 Å². The lowest BCUT2D eigenvalue weighted by Crippen LogP contribution is -2.01. The lowest BCUT2D eigenvalue weighted by atomic mass is 10.2. The van der Waals surface area contributed by atoms with Gasteiger partial charge in [0.2, 0.25) is 5.06 Å². The third kappa shape index (κ3) is 3.46. The van der Waals surface area contributed by atoms with E-state index in [1.165, 1.54) is 0 Å². The Bertz CT molecular complexity index is 629. The number of aryl methyl sites for hydroxylation is 2. The maximum Gasteiger partial charge on any atom is 0.215 e. The van der Waals surface area contributed by atoms with Crippen LogP contribution in [0.2, 0.25) is 0 Å². The van der Waals surface area contributed by atoms with Gasteiger partial charge in [0, 0.05) is 18.2 Å². The van der Waals surface area contributed by atoms with Gasteiger partial charge in [-0.25, -0.2) is 19.2 Å². The zero-order valence-corrected chi connectivity index (χ0v) is 11.9. The molecule has 0 saturated heterocycles. The molecular weight excluding hydrogens is 288 g/mol. The van der Waals surface area contributed by atoms with Crippen LogP contribution in [0.4, 0.5) is 5.82 Å². The SMILES string of the molecule is Cc1ncc(Cc2nc(C)c(OS(=O)[O-])s2)c(N)n1. The number of rotatable bonds is 4. The number of anilines is 1. The molecule has 0 aliphatic rings. The molecule has 0 radical (unpaired) electrons. The predicted octanol–water partition coefficient (Wildman–Crippen LogP) is 0.896. The first kappa shape index (κ1) is 13.8. The molecular formula is C10H11N4O3S2-. The molecule has 2 N–H and O–H groups in total. The second kappa shape index (κ2) is 5.59. The molecule has 2 aromatic rings. The Kier molecular flexibility index (Phi) is 4.08. The van der Waals surface area contributed by atoms with Crippen molar-refractivity contribution in [3.05, 3.63) is 28.3 Å². The summed E-state index contributed by atoms with van der Waals surface area (Å²) in [5.74, 6) is 0.998. The minimum Gasteiger partial charge on any atom is -0.740 e. The predicted molar refractivity (Wildman–Crippen MR) is 70.4 cm³/mol. The van der Waals surface area contributed by atoms with Gasteiger partial charge in [-0.15, -0.1) is 0 Å². The van der Waals surface area contributed by atoms with E-state index < -0.39 is 11.4 Å². The highest BCUT2D eigenvalue weighted by atomic mass is 32.2. The molecule has 0 aliphatic carbocycles. The Morgan fingerprint density at radius 3 is 2.84 bits per heavy atom. The van der Waals surface area contributed by atoms with Gasteiger partial charge in [-0.3, -0.25) is 0 Å². The van der Waals surface area contributed by atoms with Crippen molar-refractivity contribution in [1.82, 2.24) is 15.0 Å². The molecule has 0 fully saturated rings. The topological polar surface area (TPSA) is 114 Å². The molecule has 9 heteroatoms. The summed E-state index contributed by atoms with van der Waals surface area (Å²) in [5.41, 5.74) is 7.06. The molecule has 7 nitrogen and oxygen atoms in total. The molecule has 2 heterocycles. The Morgan fingerprint density at radius 2 is 2.21 bits per heavy atom. The molecule has 102 valence electrons. The normalized spacial score (nSPS) is 12.4. The zero-order valence-electron chi connectivity index (χ0n) is 10.2. The number of hydrogen-bond donors (Lipinski definition) is 1. The van der Waals surface area contributed by atoms with E-state index in [1.807, 2.05) is 0 Å². The summed E-state index contributed by atoms with van der Waals surface area (Å²) in [4.78, 5) is 12.4. The third-order valence-corrected chi connectivity index (χ3v) is 3.75. The van der Waals surface area contributed by atoms with E-state index in [-0.39, 0.29) is 5.06 Å². The Balaban J connectivity index is 2.21. The monoisotopic (exact) mass is 299 g/mol. The van der Waals surface area contributed by atoms with Crippen molar-refractivity contribution in [2.45, 2.75) is 20.3 Å². The highest BCUT2D eigenvalue weighted by molar-refractivity contribution is 7.74. The standard InChI is InChI=1S/C10H12N4O3S2/c1-5-10(17-19(15)16)18-8(13-5)3-7-4-12-6(2)14-9(7)11/h4H,3H2,1-2H3,(H,15,16)(H2,11,12,14)/p-1. The molecule has 2 aromatic heterocycles. The van der Waals surface area contributed by atoms with E-state index in [1.54, 1.807) is 20.0 Å². The fourth-order valence-electron chi connectivity index (χ4n) is 1.46. The van der Waals surface area contributed by atoms with Gasteiger partial charge in [-0.1, -0.05) is 11.3 Å². The van der Waals surface area contributed by atoms with Crippen molar-refractivity contribution in [3.63, 3.8) is 0 Å². The van der Waals surface area contributed by atoms with Gasteiger partial charge < -0.3 is 14.5 Å². The molecule has 0 aromatic carbocycles. The smallest absolute Gasteiger partial charge is 0.215 e. The summed E-state index contributed by atoms with van der Waals surface area (Å²) in [6.45, 7) is 3.43. The average molecular weight is 299 g/mol. The summed E-state index contributed by atoms with van der Waals surface area (Å²) < 4.78 is 25.6. The van der Waals surface area contributed by atoms with Crippen LogP contribution >= 0.6 is 11.3 Å². The molecule has 19 heavy (non-hydrogen) atoms. The van der Waals surface area contributed by atoms with Crippen LogP contribution in [0.5, 0.6) is 5.06 Å². The van der Waals surface area contributed by atoms with Gasteiger partial charge in [-0.05, 0) is 13.8 Å². The molecule has 0 spiro atoms. The second-order valence-corrected chi connectivity index (χ2v) is 5.39. The van der Waals surface area contributed by atoms with Crippen LogP contribution in [0.3, 0.4) is 0 Å². The minimum absolute atomic E-state index is 0.259. The molecule has 0 amide bonds. The van der Waals surface area contributed by atoms with Gasteiger partial charge in [-0.2, -0.15) is 0 Å². The summed E-state index contributed by atoms with van der Waals surface area (Å²) in [6.07, 6.45) is 2.08. The Labute approximate surface area is 116 Å². The van der Waals surface area contributed by atoms with Crippen molar-refractivity contribution in [2.75, 3.05) is 5.73 Å². The summed E-state index contributed by atoms with van der Waals surface area (Å²) in [5, 5.41) is 0.951. The third-order valence-electron chi connectivity index (χ3n) is 2.30. The first-order valence-electron chi connectivity index (χ1n) is 5.27. The van der Waals surface area contributed by atoms with Crippen LogP contribution in [0.15, 0.2) is 6.20 Å². The number of nitrogens with zero attached hydrogens (tertiary/aromatic N) is 3. The number of aromatic nitrogens is 3. The number of nitrogens with two attached hydrogens (primary N) is 1. The van der Waals surface area contributed by atoms with Gasteiger partial charge in [0.15, 0.2) is 0 Å². The van der Waals surface area contributed by atoms with Crippen molar-refractivity contribution in [1.29, 1.82) is 0 Å². The van der Waals surface area contributed by atoms with E-state index in [4.69, 9.17) is 5.73 Å². The van der Waals surface area contributed by atoms with E-state index in [9.17, 15) is 8.76 Å². The molecule has 2 rings (SSSR count). The maximum absolute atomic E-state index is 10.5. The summed E-state index contributed by atoms with van der Waals surface area (Å²) in [7, 11) is 0. The fraction of sp³-hybridized carbons (Fsp3) is 0.300. The fourth-order valence-corrected chi connectivity index (χ4v) is 2.83. The highest BCUT2D eigenvalue weighted by Crippen LogP contribution is 2.29. The quantitative estimate of drug-likeness (QED) is 0.834. The molecule has 0 bridgehead atoms. The number of nitrogen functional groups attached to an aromatic ring is 1. The van der Waals surface area contributed by atoms with E-state index in [0.29, 0.717) is 28.8 Å². The van der Waals surface area contributed by atoms with Gasteiger partial charge in [0.1, 0.15) is 28.0 Å². The van der Waals surface area contributed by atoms with Gasteiger partial charge >= 0.3 is 0 Å². The second-order valence-electron chi connectivity index (χ2n) is 3.77. The highest BCUT2D eigenvalue weighted by Gasteiger charge is 2.12. The Hall–Kier alpha value is -1.58. The average Bonchev–Trinajstić information content (AvgIpc) is 2.62. The van der Waals surface area contributed by atoms with Crippen LogP contribution in [-0.4, -0.2) is 23.7 Å². The van der Waals surface area contributed by atoms with Gasteiger partial charge in [0.05, 0.1) is 5.69 Å². The van der Waals surface area contributed by atoms with Gasteiger partial charge in [0.25, 0.3) is 0 Å². The van der Waals surface area contributed by atoms with Crippen LogP contribution in [0.25, 0.3) is 0 Å². The van der Waals surface area contributed by atoms with Crippen molar-refractivity contribution >= 4 is 28.5 Å². The Morgan fingerprint density at radius 1 is 1.47 bits per heavy atom. The van der Waals surface area contributed by atoms with Crippen molar-refractivity contribution < 1.29 is 12.9 Å². The summed E-state index contributed by atoms with van der Waals surface area (Å²) in [6, 6.07) is 0. The van der Waals surface area contributed by atoms with Crippen molar-refractivity contribution in [2.24, 2.45) is 0 Å². The van der Waals surface area contributed by atoms with E-state index in [2.05, 4.69) is 19.1 Å². The molecule has 1 atom stereocenters. The van der Waals surface area contributed by atoms with E-state index in [0.717, 1.165) is 16.9 Å². The van der Waals surface area contributed by atoms with Crippen LogP contribution in [0.1, 0.15) is 22.1 Å². The lowest BCUT2D eigenvalue weighted by molar-refractivity contribution is 0.443. The molecule has 0 saturated carbocycles. The first-order valence-corrected chi connectivity index (χ1v) is 7.09. The first-order chi connectivity index (χ1) is 8.95. The van der Waals surface area contributed by atoms with Crippen LogP contribution in [-0.2, 0) is 17.8 Å². The number of thiazole rings is 1. The maximum atomic E-state index is 10.5. The number of hydrogen-bond acceptors (Lipinski definition) is 8. The molecule has 1 unspecified atom stereocenters. The van der Waals surface area contributed by atoms with E-state index >= 15 is 0 Å². The minimum atomic E-state index is -2.60.